The zero-order valence-electron chi connectivity index (χ0n) is 9.39. The topological polar surface area (TPSA) is 43.3 Å². The summed E-state index contributed by atoms with van der Waals surface area (Å²) in [5, 5.41) is 0. The van der Waals surface area contributed by atoms with Gasteiger partial charge in [-0.05, 0) is 18.9 Å². The van der Waals surface area contributed by atoms with Gasteiger partial charge in [0.2, 0.25) is 0 Å². The maximum absolute atomic E-state index is 11.4. The molecule has 1 heterocycles. The third-order valence-electron chi connectivity index (χ3n) is 2.91. The highest BCUT2D eigenvalue weighted by atomic mass is 16.7. The highest BCUT2D eigenvalue weighted by molar-refractivity contribution is 4.93. The quantitative estimate of drug-likeness (QED) is 0.603. The number of pyridine rings is 1. The molecule has 1 saturated carbocycles. The monoisotopic (exact) mass is 222 g/mol. The number of aromatic nitrogens is 1. The van der Waals surface area contributed by atoms with Crippen LogP contribution in [0.4, 0.5) is 0 Å². The van der Waals surface area contributed by atoms with E-state index in [0.717, 1.165) is 12.8 Å². The second-order valence-electron chi connectivity index (χ2n) is 4.15. The standard InChI is InChI=1S/C12H18N2O2/c15-12-7-3-4-9-14(12)10-8-13-16-11-5-1-2-6-11/h3-4,7,9,11,13H,1-2,5-6,8,10H2. The summed E-state index contributed by atoms with van der Waals surface area (Å²) in [6, 6.07) is 5.18. The van der Waals surface area contributed by atoms with Crippen molar-refractivity contribution in [1.29, 1.82) is 0 Å². The van der Waals surface area contributed by atoms with Gasteiger partial charge in [-0.25, -0.2) is 5.48 Å². The van der Waals surface area contributed by atoms with Crippen LogP contribution in [-0.4, -0.2) is 17.2 Å². The van der Waals surface area contributed by atoms with Crippen molar-refractivity contribution in [1.82, 2.24) is 10.0 Å². The molecule has 0 amide bonds. The first-order valence-electron chi connectivity index (χ1n) is 5.90. The first-order chi connectivity index (χ1) is 7.86. The average Bonchev–Trinajstić information content (AvgIpc) is 2.79. The van der Waals surface area contributed by atoms with E-state index in [4.69, 9.17) is 4.84 Å². The van der Waals surface area contributed by atoms with Gasteiger partial charge in [-0.1, -0.05) is 18.9 Å². The van der Waals surface area contributed by atoms with E-state index in [-0.39, 0.29) is 5.56 Å². The third-order valence-corrected chi connectivity index (χ3v) is 2.91. The van der Waals surface area contributed by atoms with Crippen LogP contribution in [0.1, 0.15) is 25.7 Å². The van der Waals surface area contributed by atoms with Gasteiger partial charge in [-0.3, -0.25) is 9.63 Å². The largest absolute Gasteiger partial charge is 0.314 e. The van der Waals surface area contributed by atoms with Crippen LogP contribution in [0.25, 0.3) is 0 Å². The first-order valence-corrected chi connectivity index (χ1v) is 5.90. The normalized spacial score (nSPS) is 16.8. The van der Waals surface area contributed by atoms with Crippen molar-refractivity contribution >= 4 is 0 Å². The SMILES string of the molecule is O=c1ccccn1CCNOC1CCCC1. The van der Waals surface area contributed by atoms with Crippen molar-refractivity contribution in [2.75, 3.05) is 6.54 Å². The van der Waals surface area contributed by atoms with Gasteiger partial charge in [0.05, 0.1) is 6.10 Å². The van der Waals surface area contributed by atoms with Crippen molar-refractivity contribution in [2.24, 2.45) is 0 Å². The summed E-state index contributed by atoms with van der Waals surface area (Å²) < 4.78 is 1.67. The fourth-order valence-corrected chi connectivity index (χ4v) is 1.99. The molecule has 0 aromatic carbocycles. The molecule has 1 fully saturated rings. The Hall–Kier alpha value is -1.13. The smallest absolute Gasteiger partial charge is 0.250 e. The number of hydroxylamine groups is 1. The van der Waals surface area contributed by atoms with E-state index in [0.29, 0.717) is 19.2 Å². The maximum atomic E-state index is 11.4. The Morgan fingerprint density at radius 3 is 2.94 bits per heavy atom. The fourth-order valence-electron chi connectivity index (χ4n) is 1.99. The molecule has 0 unspecified atom stereocenters. The van der Waals surface area contributed by atoms with Gasteiger partial charge >= 0.3 is 0 Å². The number of hydrogen-bond acceptors (Lipinski definition) is 3. The molecule has 4 heteroatoms. The van der Waals surface area contributed by atoms with Gasteiger partial charge in [0.1, 0.15) is 0 Å². The molecular formula is C12H18N2O2. The summed E-state index contributed by atoms with van der Waals surface area (Å²) >= 11 is 0. The Balaban J connectivity index is 1.68. The van der Waals surface area contributed by atoms with Crippen LogP contribution >= 0.6 is 0 Å². The van der Waals surface area contributed by atoms with Crippen molar-refractivity contribution in [2.45, 2.75) is 38.3 Å². The lowest BCUT2D eigenvalue weighted by Gasteiger charge is -2.12. The Bertz CT molecular complexity index is 369. The van der Waals surface area contributed by atoms with E-state index in [1.807, 2.05) is 6.07 Å². The molecule has 0 radical (unpaired) electrons. The van der Waals surface area contributed by atoms with Gasteiger partial charge < -0.3 is 4.57 Å². The van der Waals surface area contributed by atoms with Crippen molar-refractivity contribution in [3.05, 3.63) is 34.7 Å². The highest BCUT2D eigenvalue weighted by Gasteiger charge is 2.14. The Morgan fingerprint density at radius 2 is 2.19 bits per heavy atom. The zero-order valence-corrected chi connectivity index (χ0v) is 9.39. The van der Waals surface area contributed by atoms with Crippen LogP contribution in [0.5, 0.6) is 0 Å². The lowest BCUT2D eigenvalue weighted by molar-refractivity contribution is -0.0217. The molecule has 1 aliphatic rings. The number of nitrogens with zero attached hydrogens (tertiary/aromatic N) is 1. The summed E-state index contributed by atoms with van der Waals surface area (Å²) in [4.78, 5) is 16.9. The zero-order chi connectivity index (χ0) is 11.2. The van der Waals surface area contributed by atoms with Crippen LogP contribution in [0.3, 0.4) is 0 Å². The predicted octanol–water partition coefficient (Wildman–Crippen LogP) is 1.31. The van der Waals surface area contributed by atoms with E-state index < -0.39 is 0 Å². The summed E-state index contributed by atoms with van der Waals surface area (Å²) in [7, 11) is 0. The minimum atomic E-state index is 0.0326. The molecule has 1 N–H and O–H groups in total. The van der Waals surface area contributed by atoms with E-state index >= 15 is 0 Å². The van der Waals surface area contributed by atoms with E-state index in [1.165, 1.54) is 12.8 Å². The molecule has 4 nitrogen and oxygen atoms in total. The van der Waals surface area contributed by atoms with Gasteiger partial charge in [0, 0.05) is 25.4 Å². The van der Waals surface area contributed by atoms with Crippen LogP contribution in [0.2, 0.25) is 0 Å². The molecular weight excluding hydrogens is 204 g/mol. The molecule has 0 saturated heterocycles. The second-order valence-corrected chi connectivity index (χ2v) is 4.15. The Morgan fingerprint density at radius 1 is 1.38 bits per heavy atom. The number of hydrogen-bond donors (Lipinski definition) is 1. The van der Waals surface area contributed by atoms with Crippen molar-refractivity contribution in [3.63, 3.8) is 0 Å². The van der Waals surface area contributed by atoms with Crippen LogP contribution in [0, 0.1) is 0 Å². The van der Waals surface area contributed by atoms with Gasteiger partial charge in [0.15, 0.2) is 0 Å². The van der Waals surface area contributed by atoms with E-state index in [2.05, 4.69) is 5.48 Å². The molecule has 1 aromatic heterocycles. The lowest BCUT2D eigenvalue weighted by atomic mass is 10.3. The third kappa shape index (κ3) is 3.18. The molecule has 1 aliphatic carbocycles. The minimum absolute atomic E-state index is 0.0326. The molecule has 1 aromatic rings. The summed E-state index contributed by atoms with van der Waals surface area (Å²) in [5.41, 5.74) is 2.98. The van der Waals surface area contributed by atoms with Crippen LogP contribution in [-0.2, 0) is 11.4 Å². The number of rotatable bonds is 5. The summed E-state index contributed by atoms with van der Waals surface area (Å²) in [6.45, 7) is 1.31. The predicted molar refractivity (Wildman–Crippen MR) is 62.0 cm³/mol. The Kier molecular flexibility index (Phi) is 4.13. The molecule has 0 atom stereocenters. The van der Waals surface area contributed by atoms with Crippen molar-refractivity contribution < 1.29 is 4.84 Å². The minimum Gasteiger partial charge on any atom is -0.314 e. The van der Waals surface area contributed by atoms with E-state index in [9.17, 15) is 4.79 Å². The molecule has 88 valence electrons. The van der Waals surface area contributed by atoms with Gasteiger partial charge in [0.25, 0.3) is 5.56 Å². The maximum Gasteiger partial charge on any atom is 0.250 e. The average molecular weight is 222 g/mol. The summed E-state index contributed by atoms with van der Waals surface area (Å²) in [5.74, 6) is 0. The van der Waals surface area contributed by atoms with E-state index in [1.54, 1.807) is 22.9 Å². The Labute approximate surface area is 95.2 Å². The lowest BCUT2D eigenvalue weighted by Crippen LogP contribution is -2.28. The van der Waals surface area contributed by atoms with Crippen LogP contribution < -0.4 is 11.0 Å². The van der Waals surface area contributed by atoms with Gasteiger partial charge in [-0.15, -0.1) is 0 Å². The molecule has 0 bridgehead atoms. The molecule has 2 rings (SSSR count). The second kappa shape index (κ2) is 5.82. The summed E-state index contributed by atoms with van der Waals surface area (Å²) in [6.07, 6.45) is 7.00. The van der Waals surface area contributed by atoms with Gasteiger partial charge in [-0.2, -0.15) is 0 Å². The first kappa shape index (κ1) is 11.4. The number of nitrogens with one attached hydrogen (secondary N) is 1. The molecule has 0 aliphatic heterocycles. The molecule has 0 spiro atoms. The van der Waals surface area contributed by atoms with Crippen LogP contribution in [0.15, 0.2) is 29.2 Å². The fraction of sp³-hybridized carbons (Fsp3) is 0.583. The van der Waals surface area contributed by atoms with Crippen molar-refractivity contribution in [3.8, 4) is 0 Å². The highest BCUT2D eigenvalue weighted by Crippen LogP contribution is 2.19. The molecule has 16 heavy (non-hydrogen) atoms.